The van der Waals surface area contributed by atoms with Crippen LogP contribution < -0.4 is 4.90 Å². The van der Waals surface area contributed by atoms with Gasteiger partial charge in [-0.3, -0.25) is 4.79 Å². The van der Waals surface area contributed by atoms with Crippen molar-refractivity contribution in [3.63, 3.8) is 0 Å². The van der Waals surface area contributed by atoms with Crippen molar-refractivity contribution in [3.8, 4) is 0 Å². The van der Waals surface area contributed by atoms with Crippen LogP contribution in [0.4, 0.5) is 9.93 Å². The molecule has 6 nitrogen and oxygen atoms in total. The zero-order chi connectivity index (χ0) is 11.5. The van der Waals surface area contributed by atoms with E-state index >= 15 is 0 Å². The number of nitrogens with zero attached hydrogens (tertiary/aromatic N) is 3. The first-order valence-electron chi connectivity index (χ1n) is 4.84. The van der Waals surface area contributed by atoms with Gasteiger partial charge in [0.15, 0.2) is 11.4 Å². The summed E-state index contributed by atoms with van der Waals surface area (Å²) >= 11 is 1.33. The van der Waals surface area contributed by atoms with Crippen LogP contribution in [0, 0.1) is 0 Å². The van der Waals surface area contributed by atoms with Crippen LogP contribution in [-0.2, 0) is 0 Å². The average molecular weight is 241 g/mol. The molecule has 1 aliphatic rings. The van der Waals surface area contributed by atoms with Crippen LogP contribution in [-0.4, -0.2) is 53.5 Å². The zero-order valence-electron chi connectivity index (χ0n) is 8.50. The second-order valence-electron chi connectivity index (χ2n) is 3.42. The fourth-order valence-electron chi connectivity index (χ4n) is 1.57. The van der Waals surface area contributed by atoms with E-state index in [0.29, 0.717) is 31.1 Å². The fourth-order valence-corrected chi connectivity index (χ4v) is 2.35. The molecule has 0 atom stereocenters. The standard InChI is InChI=1S/C9H11N3O3S/c13-6-7-5-10-8(16-7)11-1-3-12(4-2-11)9(14)15/h5-6H,1-4H2,(H,14,15). The predicted molar refractivity (Wildman–Crippen MR) is 59.3 cm³/mol. The first kappa shape index (κ1) is 10.9. The van der Waals surface area contributed by atoms with E-state index in [0.717, 1.165) is 11.4 Å². The molecule has 16 heavy (non-hydrogen) atoms. The minimum absolute atomic E-state index is 0.478. The number of aldehydes is 1. The maximum Gasteiger partial charge on any atom is 0.407 e. The lowest BCUT2D eigenvalue weighted by atomic mass is 10.3. The number of piperazine rings is 1. The molecule has 0 aromatic carbocycles. The molecule has 86 valence electrons. The Morgan fingerprint density at radius 3 is 2.62 bits per heavy atom. The van der Waals surface area contributed by atoms with E-state index in [9.17, 15) is 9.59 Å². The topological polar surface area (TPSA) is 73.7 Å². The molecule has 1 aliphatic heterocycles. The molecule has 7 heteroatoms. The van der Waals surface area contributed by atoms with Gasteiger partial charge < -0.3 is 14.9 Å². The Hall–Kier alpha value is -1.63. The summed E-state index contributed by atoms with van der Waals surface area (Å²) in [7, 11) is 0. The highest BCUT2D eigenvalue weighted by Crippen LogP contribution is 2.22. The van der Waals surface area contributed by atoms with Crippen molar-refractivity contribution >= 4 is 28.8 Å². The second kappa shape index (κ2) is 4.48. The molecule has 2 rings (SSSR count). The minimum Gasteiger partial charge on any atom is -0.465 e. The number of carbonyl (C=O) groups is 2. The Morgan fingerprint density at radius 1 is 1.44 bits per heavy atom. The van der Waals surface area contributed by atoms with Gasteiger partial charge in [-0.05, 0) is 0 Å². The van der Waals surface area contributed by atoms with Gasteiger partial charge in [-0.15, -0.1) is 0 Å². The number of carboxylic acid groups (broad SMARTS) is 1. The normalized spacial score (nSPS) is 16.2. The highest BCUT2D eigenvalue weighted by Gasteiger charge is 2.21. The molecular weight excluding hydrogens is 230 g/mol. The summed E-state index contributed by atoms with van der Waals surface area (Å²) in [5.41, 5.74) is 0. The first-order valence-corrected chi connectivity index (χ1v) is 5.66. The van der Waals surface area contributed by atoms with E-state index in [2.05, 4.69) is 4.98 Å². The van der Waals surface area contributed by atoms with Gasteiger partial charge in [0.1, 0.15) is 0 Å². The molecular formula is C9H11N3O3S. The van der Waals surface area contributed by atoms with E-state index in [1.165, 1.54) is 22.4 Å². The third-order valence-corrected chi connectivity index (χ3v) is 3.43. The lowest BCUT2D eigenvalue weighted by Crippen LogP contribution is -2.48. The van der Waals surface area contributed by atoms with E-state index in [-0.39, 0.29) is 0 Å². The quantitative estimate of drug-likeness (QED) is 0.774. The predicted octanol–water partition coefficient (Wildman–Crippen LogP) is 0.756. The van der Waals surface area contributed by atoms with Gasteiger partial charge in [-0.1, -0.05) is 11.3 Å². The molecule has 1 amide bonds. The van der Waals surface area contributed by atoms with Crippen LogP contribution in [0.3, 0.4) is 0 Å². The zero-order valence-corrected chi connectivity index (χ0v) is 9.31. The molecule has 0 unspecified atom stereocenters. The van der Waals surface area contributed by atoms with Crippen molar-refractivity contribution in [1.29, 1.82) is 0 Å². The Bertz CT molecular complexity index is 398. The summed E-state index contributed by atoms with van der Waals surface area (Å²) in [4.78, 5) is 29.3. The van der Waals surface area contributed by atoms with E-state index in [1.54, 1.807) is 0 Å². The number of carbonyl (C=O) groups excluding carboxylic acids is 1. The van der Waals surface area contributed by atoms with Crippen LogP contribution in [0.25, 0.3) is 0 Å². The summed E-state index contributed by atoms with van der Waals surface area (Å²) in [5, 5.41) is 9.57. The summed E-state index contributed by atoms with van der Waals surface area (Å²) in [6.07, 6.45) is 1.43. The number of anilines is 1. The van der Waals surface area contributed by atoms with Crippen LogP contribution in [0.2, 0.25) is 0 Å². The molecule has 0 radical (unpaired) electrons. The van der Waals surface area contributed by atoms with Crippen LogP contribution >= 0.6 is 11.3 Å². The first-order chi connectivity index (χ1) is 7.70. The number of aromatic nitrogens is 1. The van der Waals surface area contributed by atoms with E-state index in [1.807, 2.05) is 4.90 Å². The molecule has 1 fully saturated rings. The van der Waals surface area contributed by atoms with E-state index < -0.39 is 6.09 Å². The SMILES string of the molecule is O=Cc1cnc(N2CCN(C(=O)O)CC2)s1. The summed E-state index contributed by atoms with van der Waals surface area (Å²) < 4.78 is 0. The Labute approximate surface area is 96.1 Å². The number of amides is 1. The Morgan fingerprint density at radius 2 is 2.12 bits per heavy atom. The third-order valence-electron chi connectivity index (χ3n) is 2.45. The van der Waals surface area contributed by atoms with Gasteiger partial charge in [0.05, 0.1) is 11.1 Å². The van der Waals surface area contributed by atoms with Crippen molar-refractivity contribution in [3.05, 3.63) is 11.1 Å². The van der Waals surface area contributed by atoms with Crippen molar-refractivity contribution in [2.45, 2.75) is 0 Å². The van der Waals surface area contributed by atoms with Gasteiger partial charge in [0.2, 0.25) is 0 Å². The van der Waals surface area contributed by atoms with E-state index in [4.69, 9.17) is 5.11 Å². The molecule has 1 aromatic rings. The highest BCUT2D eigenvalue weighted by atomic mass is 32.1. The molecule has 1 N–H and O–H groups in total. The van der Waals surface area contributed by atoms with Crippen LogP contribution in [0.5, 0.6) is 0 Å². The molecule has 2 heterocycles. The lowest BCUT2D eigenvalue weighted by molar-refractivity contribution is 0.112. The van der Waals surface area contributed by atoms with Gasteiger partial charge >= 0.3 is 6.09 Å². The molecule has 1 saturated heterocycles. The van der Waals surface area contributed by atoms with Crippen LogP contribution in [0.1, 0.15) is 9.67 Å². The Kier molecular flexibility index (Phi) is 3.04. The Balaban J connectivity index is 1.98. The summed E-state index contributed by atoms with van der Waals surface area (Å²) in [5.74, 6) is 0. The number of hydrogen-bond acceptors (Lipinski definition) is 5. The maximum absolute atomic E-state index is 10.7. The van der Waals surface area contributed by atoms with Crippen molar-refractivity contribution in [1.82, 2.24) is 9.88 Å². The third kappa shape index (κ3) is 2.13. The second-order valence-corrected chi connectivity index (χ2v) is 4.46. The molecule has 0 spiro atoms. The van der Waals surface area contributed by atoms with Crippen molar-refractivity contribution in [2.24, 2.45) is 0 Å². The van der Waals surface area contributed by atoms with Crippen molar-refractivity contribution < 1.29 is 14.7 Å². The van der Waals surface area contributed by atoms with Crippen molar-refractivity contribution in [2.75, 3.05) is 31.1 Å². The molecule has 0 saturated carbocycles. The summed E-state index contributed by atoms with van der Waals surface area (Å²) in [6.45, 7) is 2.20. The average Bonchev–Trinajstić information content (AvgIpc) is 2.77. The van der Waals surface area contributed by atoms with Gasteiger partial charge in [-0.2, -0.15) is 0 Å². The lowest BCUT2D eigenvalue weighted by Gasteiger charge is -2.32. The largest absolute Gasteiger partial charge is 0.465 e. The van der Waals surface area contributed by atoms with Gasteiger partial charge in [0.25, 0.3) is 0 Å². The smallest absolute Gasteiger partial charge is 0.407 e. The molecule has 0 aliphatic carbocycles. The highest BCUT2D eigenvalue weighted by molar-refractivity contribution is 7.17. The number of thiazole rings is 1. The van der Waals surface area contributed by atoms with Gasteiger partial charge in [-0.25, -0.2) is 9.78 Å². The maximum atomic E-state index is 10.7. The van der Waals surface area contributed by atoms with Gasteiger partial charge in [0, 0.05) is 26.2 Å². The molecule has 1 aromatic heterocycles. The monoisotopic (exact) mass is 241 g/mol. The van der Waals surface area contributed by atoms with Crippen LogP contribution in [0.15, 0.2) is 6.20 Å². The summed E-state index contributed by atoms with van der Waals surface area (Å²) in [6, 6.07) is 0. The molecule has 0 bridgehead atoms. The minimum atomic E-state index is -0.882. The number of rotatable bonds is 2. The number of hydrogen-bond donors (Lipinski definition) is 1. The fraction of sp³-hybridized carbons (Fsp3) is 0.444.